The quantitative estimate of drug-likeness (QED) is 0.648. The molecule has 2 fully saturated rings. The molecular weight excluding hydrogens is 402 g/mol. The lowest BCUT2D eigenvalue weighted by molar-refractivity contribution is -0.115. The highest BCUT2D eigenvalue weighted by Crippen LogP contribution is 2.26. The number of halogens is 1. The van der Waals surface area contributed by atoms with Crippen molar-refractivity contribution in [2.75, 3.05) is 31.1 Å². The number of aromatic amines is 1. The zero-order chi connectivity index (χ0) is 18.8. The molecule has 0 aromatic carbocycles. The van der Waals surface area contributed by atoms with Crippen molar-refractivity contribution in [3.8, 4) is 11.1 Å². The largest absolute Gasteiger partial charge is 0.354 e. The predicted octanol–water partition coefficient (Wildman–Crippen LogP) is 1.59. The van der Waals surface area contributed by atoms with Crippen LogP contribution in [0.4, 0.5) is 10.6 Å². The minimum atomic E-state index is -0.431. The fourth-order valence-corrected chi connectivity index (χ4v) is 3.68. The molecule has 2 aliphatic heterocycles. The normalized spacial score (nSPS) is 18.1. The Morgan fingerprint density at radius 3 is 2.57 bits per heavy atom. The molecule has 28 heavy (non-hydrogen) atoms. The molecule has 2 saturated heterocycles. The first-order valence-corrected chi connectivity index (χ1v) is 9.31. The molecule has 2 aromatic rings. The Balaban J connectivity index is 0.00000225. The van der Waals surface area contributed by atoms with Gasteiger partial charge >= 0.3 is 0 Å². The zero-order valence-electron chi connectivity index (χ0n) is 14.7. The molecule has 3 N–H and O–H groups in total. The lowest BCUT2D eigenvalue weighted by atomic mass is 10.1. The highest BCUT2D eigenvalue weighted by Gasteiger charge is 2.25. The first-order valence-electron chi connectivity index (χ1n) is 8.50. The summed E-state index contributed by atoms with van der Waals surface area (Å²) in [4.78, 5) is 44.9. The van der Waals surface area contributed by atoms with Crippen molar-refractivity contribution in [2.24, 2.45) is 0 Å². The lowest BCUT2D eigenvalue weighted by Crippen LogP contribution is -2.43. The minimum absolute atomic E-state index is 0. The summed E-state index contributed by atoms with van der Waals surface area (Å²) in [6.07, 6.45) is 4.77. The molecule has 8 nitrogen and oxygen atoms in total. The third-order valence-corrected chi connectivity index (χ3v) is 5.18. The van der Waals surface area contributed by atoms with Gasteiger partial charge in [0.1, 0.15) is 5.82 Å². The van der Waals surface area contributed by atoms with Gasteiger partial charge < -0.3 is 15.2 Å². The number of thioether (sulfide) groups is 1. The smallest absolute Gasteiger partial charge is 0.290 e. The van der Waals surface area contributed by atoms with Crippen LogP contribution in [0.25, 0.3) is 17.2 Å². The summed E-state index contributed by atoms with van der Waals surface area (Å²) in [6, 6.07) is 5.46. The van der Waals surface area contributed by atoms with Crippen LogP contribution < -0.4 is 21.1 Å². The third kappa shape index (κ3) is 4.27. The van der Waals surface area contributed by atoms with Crippen molar-refractivity contribution in [1.29, 1.82) is 0 Å². The number of carbonyl (C=O) groups excluding carboxylic acids is 2. The van der Waals surface area contributed by atoms with Gasteiger partial charge in [0.15, 0.2) is 0 Å². The van der Waals surface area contributed by atoms with E-state index >= 15 is 0 Å². The van der Waals surface area contributed by atoms with Gasteiger partial charge in [-0.05, 0) is 41.6 Å². The maximum absolute atomic E-state index is 12.3. The van der Waals surface area contributed by atoms with E-state index in [0.717, 1.165) is 43.8 Å². The van der Waals surface area contributed by atoms with Crippen LogP contribution in [-0.2, 0) is 4.79 Å². The van der Waals surface area contributed by atoms with Crippen molar-refractivity contribution in [1.82, 2.24) is 20.6 Å². The number of pyridine rings is 2. The molecule has 10 heteroatoms. The number of rotatable bonds is 3. The molecule has 0 radical (unpaired) electrons. The van der Waals surface area contributed by atoms with Gasteiger partial charge in [-0.2, -0.15) is 0 Å². The maximum Gasteiger partial charge on any atom is 0.290 e. The highest BCUT2D eigenvalue weighted by atomic mass is 35.5. The fraction of sp³-hybridized carbons (Fsp3) is 0.222. The van der Waals surface area contributed by atoms with Gasteiger partial charge in [-0.25, -0.2) is 4.98 Å². The van der Waals surface area contributed by atoms with Crippen LogP contribution in [-0.4, -0.2) is 47.3 Å². The third-order valence-electron chi connectivity index (χ3n) is 4.37. The molecule has 0 saturated carbocycles. The summed E-state index contributed by atoms with van der Waals surface area (Å²) in [6.45, 7) is 3.64. The molecular formula is C18H18ClN5O3S. The SMILES string of the molecule is Cl.O=C1NC(=O)/C(=C\c2c[nH]c(=O)c(-c3ccc(N4CCNCC4)nc3)c2)S1. The van der Waals surface area contributed by atoms with Gasteiger partial charge in [-0.15, -0.1) is 12.4 Å². The van der Waals surface area contributed by atoms with Gasteiger partial charge in [-0.3, -0.25) is 19.7 Å². The number of piperazine rings is 1. The summed E-state index contributed by atoms with van der Waals surface area (Å²) in [5.41, 5.74) is 1.53. The summed E-state index contributed by atoms with van der Waals surface area (Å²) < 4.78 is 0. The Kier molecular flexibility index (Phi) is 6.18. The van der Waals surface area contributed by atoms with Crippen LogP contribution >= 0.6 is 24.2 Å². The van der Waals surface area contributed by atoms with Gasteiger partial charge in [0.2, 0.25) is 0 Å². The molecule has 0 unspecified atom stereocenters. The van der Waals surface area contributed by atoms with Gasteiger partial charge in [0, 0.05) is 49.7 Å². The Hall–Kier alpha value is -2.62. The summed E-state index contributed by atoms with van der Waals surface area (Å²) in [5, 5.41) is 5.11. The number of amides is 2. The highest BCUT2D eigenvalue weighted by molar-refractivity contribution is 8.18. The Labute approximate surface area is 171 Å². The molecule has 146 valence electrons. The first-order chi connectivity index (χ1) is 13.1. The van der Waals surface area contributed by atoms with Crippen LogP contribution in [0.2, 0.25) is 0 Å². The Morgan fingerprint density at radius 2 is 1.93 bits per heavy atom. The molecule has 0 atom stereocenters. The van der Waals surface area contributed by atoms with E-state index in [1.54, 1.807) is 18.3 Å². The van der Waals surface area contributed by atoms with E-state index in [2.05, 4.69) is 25.5 Å². The van der Waals surface area contributed by atoms with Crippen molar-refractivity contribution in [2.45, 2.75) is 0 Å². The molecule has 0 bridgehead atoms. The number of nitrogens with one attached hydrogen (secondary N) is 3. The number of imide groups is 1. The lowest BCUT2D eigenvalue weighted by Gasteiger charge is -2.28. The summed E-state index contributed by atoms with van der Waals surface area (Å²) in [5.74, 6) is 0.451. The average molecular weight is 420 g/mol. The maximum atomic E-state index is 12.3. The zero-order valence-corrected chi connectivity index (χ0v) is 16.4. The molecule has 2 aromatic heterocycles. The number of anilines is 1. The standard InChI is InChI=1S/C18H17N5O3S.ClH/c24-16-13(7-11(9-21-16)8-14-17(25)22-18(26)27-14)12-1-2-15(20-10-12)23-5-3-19-4-6-23;/h1-2,7-10,19H,3-6H2,(H,21,24)(H,22,25,26);1H/b14-8+;. The summed E-state index contributed by atoms with van der Waals surface area (Å²) in [7, 11) is 0. The second-order valence-electron chi connectivity index (χ2n) is 6.17. The Bertz CT molecular complexity index is 983. The van der Waals surface area contributed by atoms with Gasteiger partial charge in [0.25, 0.3) is 16.7 Å². The van der Waals surface area contributed by atoms with Crippen LogP contribution in [0.1, 0.15) is 5.56 Å². The number of nitrogens with zero attached hydrogens (tertiary/aromatic N) is 2. The van der Waals surface area contributed by atoms with E-state index in [0.29, 0.717) is 21.6 Å². The predicted molar refractivity (Wildman–Crippen MR) is 112 cm³/mol. The van der Waals surface area contributed by atoms with Crippen LogP contribution in [0.15, 0.2) is 40.3 Å². The van der Waals surface area contributed by atoms with Crippen LogP contribution in [0, 0.1) is 0 Å². The van der Waals surface area contributed by atoms with Gasteiger partial charge in [-0.1, -0.05) is 0 Å². The number of H-pyrrole nitrogens is 1. The van der Waals surface area contributed by atoms with Crippen LogP contribution in [0.3, 0.4) is 0 Å². The number of carbonyl (C=O) groups is 2. The average Bonchev–Trinajstić information content (AvgIpc) is 3.01. The number of hydrogen-bond acceptors (Lipinski definition) is 7. The fourth-order valence-electron chi connectivity index (χ4n) is 3.00. The molecule has 4 heterocycles. The van der Waals surface area contributed by atoms with Crippen molar-refractivity contribution >= 4 is 47.2 Å². The van der Waals surface area contributed by atoms with E-state index in [4.69, 9.17) is 0 Å². The van der Waals surface area contributed by atoms with Crippen molar-refractivity contribution < 1.29 is 9.59 Å². The first kappa shape index (κ1) is 20.1. The molecule has 2 aliphatic rings. The molecule has 2 amide bonds. The number of aromatic nitrogens is 2. The van der Waals surface area contributed by atoms with E-state index in [1.165, 1.54) is 6.20 Å². The molecule has 0 aliphatic carbocycles. The van der Waals surface area contributed by atoms with E-state index in [9.17, 15) is 14.4 Å². The van der Waals surface area contributed by atoms with E-state index in [1.807, 2.05) is 12.1 Å². The molecule has 0 spiro atoms. The summed E-state index contributed by atoms with van der Waals surface area (Å²) >= 11 is 0.839. The number of hydrogen-bond donors (Lipinski definition) is 3. The second kappa shape index (κ2) is 8.59. The van der Waals surface area contributed by atoms with E-state index in [-0.39, 0.29) is 18.0 Å². The van der Waals surface area contributed by atoms with E-state index < -0.39 is 11.1 Å². The molecule has 4 rings (SSSR count). The van der Waals surface area contributed by atoms with Crippen LogP contribution in [0.5, 0.6) is 0 Å². The monoisotopic (exact) mass is 419 g/mol. The topological polar surface area (TPSA) is 107 Å². The minimum Gasteiger partial charge on any atom is -0.354 e. The Morgan fingerprint density at radius 1 is 1.14 bits per heavy atom. The second-order valence-corrected chi connectivity index (χ2v) is 7.18. The van der Waals surface area contributed by atoms with Gasteiger partial charge in [0.05, 0.1) is 4.91 Å². The van der Waals surface area contributed by atoms with Crippen molar-refractivity contribution in [3.05, 3.63) is 51.4 Å². The van der Waals surface area contributed by atoms with Crippen molar-refractivity contribution in [3.63, 3.8) is 0 Å².